The number of hydrogen-bond donors (Lipinski definition) is 2. The highest BCUT2D eigenvalue weighted by atomic mass is 32.1. The minimum absolute atomic E-state index is 0.197. The summed E-state index contributed by atoms with van der Waals surface area (Å²) in [6.45, 7) is 0.197. The zero-order chi connectivity index (χ0) is 15.1. The summed E-state index contributed by atoms with van der Waals surface area (Å²) in [5.74, 6) is 0.538. The van der Waals surface area contributed by atoms with Gasteiger partial charge in [0.15, 0.2) is 0 Å². The standard InChI is InChI=1S/C16H17NO3S/c1-20-14-5-2-12(3-6-14)4-7-16(19)17-10-15(18)13-8-9-21-11-13/h2-9,11,15,18H,10H2,1H3,(H,17,19)/b7-4+. The van der Waals surface area contributed by atoms with Gasteiger partial charge in [-0.3, -0.25) is 4.79 Å². The second kappa shape index (κ2) is 7.61. The molecule has 0 radical (unpaired) electrons. The van der Waals surface area contributed by atoms with Crippen LogP contribution in [-0.2, 0) is 4.79 Å². The van der Waals surface area contributed by atoms with Gasteiger partial charge in [0.25, 0.3) is 0 Å². The lowest BCUT2D eigenvalue weighted by Crippen LogP contribution is -2.26. The van der Waals surface area contributed by atoms with Gasteiger partial charge in [0.2, 0.25) is 5.91 Å². The third-order valence-electron chi connectivity index (χ3n) is 2.94. The van der Waals surface area contributed by atoms with Crippen molar-refractivity contribution >= 4 is 23.3 Å². The first-order valence-corrected chi connectivity index (χ1v) is 7.43. The van der Waals surface area contributed by atoms with E-state index in [1.807, 2.05) is 41.1 Å². The fourth-order valence-electron chi connectivity index (χ4n) is 1.73. The Bertz CT molecular complexity index is 590. The highest BCUT2D eigenvalue weighted by Gasteiger charge is 2.08. The topological polar surface area (TPSA) is 58.6 Å². The summed E-state index contributed by atoms with van der Waals surface area (Å²) in [6.07, 6.45) is 2.49. The molecule has 0 fully saturated rings. The Morgan fingerprint density at radius 3 is 2.76 bits per heavy atom. The summed E-state index contributed by atoms with van der Waals surface area (Å²) in [7, 11) is 1.61. The van der Waals surface area contributed by atoms with E-state index in [4.69, 9.17) is 4.74 Å². The van der Waals surface area contributed by atoms with Crippen molar-refractivity contribution in [3.63, 3.8) is 0 Å². The van der Waals surface area contributed by atoms with Gasteiger partial charge >= 0.3 is 0 Å². The first kappa shape index (κ1) is 15.3. The molecule has 110 valence electrons. The first-order valence-electron chi connectivity index (χ1n) is 6.49. The van der Waals surface area contributed by atoms with Crippen LogP contribution in [0, 0.1) is 0 Å². The molecule has 4 nitrogen and oxygen atoms in total. The van der Waals surface area contributed by atoms with Gasteiger partial charge in [0.1, 0.15) is 5.75 Å². The number of rotatable bonds is 6. The molecule has 21 heavy (non-hydrogen) atoms. The van der Waals surface area contributed by atoms with Crippen LogP contribution >= 0.6 is 11.3 Å². The molecule has 0 aliphatic rings. The van der Waals surface area contributed by atoms with E-state index in [0.717, 1.165) is 16.9 Å². The molecule has 1 atom stereocenters. The van der Waals surface area contributed by atoms with Gasteiger partial charge < -0.3 is 15.2 Å². The minimum atomic E-state index is -0.672. The molecule has 1 unspecified atom stereocenters. The van der Waals surface area contributed by atoms with Gasteiger partial charge in [-0.1, -0.05) is 12.1 Å². The maximum Gasteiger partial charge on any atom is 0.244 e. The van der Waals surface area contributed by atoms with E-state index in [9.17, 15) is 9.90 Å². The second-order valence-electron chi connectivity index (χ2n) is 4.42. The number of thiophene rings is 1. The van der Waals surface area contributed by atoms with Crippen molar-refractivity contribution in [1.82, 2.24) is 5.32 Å². The fraction of sp³-hybridized carbons (Fsp3) is 0.188. The number of amides is 1. The maximum atomic E-state index is 11.7. The van der Waals surface area contributed by atoms with Gasteiger partial charge in [-0.2, -0.15) is 11.3 Å². The molecule has 2 rings (SSSR count). The minimum Gasteiger partial charge on any atom is -0.497 e. The van der Waals surface area contributed by atoms with E-state index in [2.05, 4.69) is 5.32 Å². The number of carbonyl (C=O) groups is 1. The van der Waals surface area contributed by atoms with Gasteiger partial charge in [-0.05, 0) is 46.2 Å². The Balaban J connectivity index is 1.82. The first-order chi connectivity index (χ1) is 10.2. The van der Waals surface area contributed by atoms with Crippen LogP contribution in [0.5, 0.6) is 5.75 Å². The molecule has 1 aromatic carbocycles. The van der Waals surface area contributed by atoms with Crippen molar-refractivity contribution in [2.24, 2.45) is 0 Å². The van der Waals surface area contributed by atoms with Gasteiger partial charge in [0.05, 0.1) is 13.2 Å². The number of aliphatic hydroxyl groups is 1. The van der Waals surface area contributed by atoms with E-state index in [-0.39, 0.29) is 12.5 Å². The molecule has 0 saturated carbocycles. The average molecular weight is 303 g/mol. The highest BCUT2D eigenvalue weighted by Crippen LogP contribution is 2.15. The smallest absolute Gasteiger partial charge is 0.244 e. The molecule has 0 saturated heterocycles. The Morgan fingerprint density at radius 2 is 2.14 bits per heavy atom. The molecule has 2 aromatic rings. The molecule has 0 spiro atoms. The average Bonchev–Trinajstić information content (AvgIpc) is 3.05. The maximum absolute atomic E-state index is 11.7. The molecule has 1 aromatic heterocycles. The second-order valence-corrected chi connectivity index (χ2v) is 5.20. The van der Waals surface area contributed by atoms with Crippen LogP contribution in [0.2, 0.25) is 0 Å². The van der Waals surface area contributed by atoms with Crippen molar-refractivity contribution in [1.29, 1.82) is 0 Å². The van der Waals surface area contributed by atoms with E-state index in [1.54, 1.807) is 13.2 Å². The fourth-order valence-corrected chi connectivity index (χ4v) is 2.43. The van der Waals surface area contributed by atoms with E-state index >= 15 is 0 Å². The van der Waals surface area contributed by atoms with Crippen LogP contribution in [0.25, 0.3) is 6.08 Å². The normalized spacial score (nSPS) is 12.3. The number of ether oxygens (including phenoxy) is 1. The number of hydrogen-bond acceptors (Lipinski definition) is 4. The predicted octanol–water partition coefficient (Wildman–Crippen LogP) is 2.62. The summed E-state index contributed by atoms with van der Waals surface area (Å²) in [6, 6.07) is 9.23. The molecule has 5 heteroatoms. The number of nitrogens with one attached hydrogen (secondary N) is 1. The summed E-state index contributed by atoms with van der Waals surface area (Å²) < 4.78 is 5.06. The van der Waals surface area contributed by atoms with Crippen LogP contribution in [0.3, 0.4) is 0 Å². The summed E-state index contributed by atoms with van der Waals surface area (Å²) in [5.41, 5.74) is 1.73. The Hall–Kier alpha value is -2.11. The summed E-state index contributed by atoms with van der Waals surface area (Å²) >= 11 is 1.52. The highest BCUT2D eigenvalue weighted by molar-refractivity contribution is 7.07. The van der Waals surface area contributed by atoms with Gasteiger partial charge in [-0.25, -0.2) is 0 Å². The van der Waals surface area contributed by atoms with Crippen LogP contribution in [0.4, 0.5) is 0 Å². The number of methoxy groups -OCH3 is 1. The summed E-state index contributed by atoms with van der Waals surface area (Å²) in [5, 5.41) is 16.3. The molecule has 0 aliphatic carbocycles. The van der Waals surface area contributed by atoms with Crippen LogP contribution in [0.1, 0.15) is 17.2 Å². The number of carbonyl (C=O) groups excluding carboxylic acids is 1. The van der Waals surface area contributed by atoms with E-state index in [0.29, 0.717) is 0 Å². The lowest BCUT2D eigenvalue weighted by Gasteiger charge is -2.08. The summed E-state index contributed by atoms with van der Waals surface area (Å²) in [4.78, 5) is 11.7. The van der Waals surface area contributed by atoms with Crippen molar-refractivity contribution in [3.8, 4) is 5.75 Å². The van der Waals surface area contributed by atoms with E-state index in [1.165, 1.54) is 17.4 Å². The third-order valence-corrected chi connectivity index (χ3v) is 3.64. The molecule has 1 heterocycles. The predicted molar refractivity (Wildman–Crippen MR) is 84.3 cm³/mol. The monoisotopic (exact) mass is 303 g/mol. The molecular formula is C16H17NO3S. The zero-order valence-electron chi connectivity index (χ0n) is 11.7. The van der Waals surface area contributed by atoms with Gasteiger partial charge in [0, 0.05) is 12.6 Å². The molecular weight excluding hydrogens is 286 g/mol. The Labute approximate surface area is 127 Å². The molecule has 1 amide bonds. The van der Waals surface area contributed by atoms with Crippen molar-refractivity contribution in [2.45, 2.75) is 6.10 Å². The van der Waals surface area contributed by atoms with Crippen molar-refractivity contribution in [3.05, 3.63) is 58.3 Å². The van der Waals surface area contributed by atoms with E-state index < -0.39 is 6.10 Å². The SMILES string of the molecule is COc1ccc(/C=C/C(=O)NCC(O)c2ccsc2)cc1. The lowest BCUT2D eigenvalue weighted by atomic mass is 10.2. The number of benzene rings is 1. The van der Waals surface area contributed by atoms with Crippen molar-refractivity contribution in [2.75, 3.05) is 13.7 Å². The molecule has 0 aliphatic heterocycles. The van der Waals surface area contributed by atoms with Crippen molar-refractivity contribution < 1.29 is 14.6 Å². The molecule has 2 N–H and O–H groups in total. The van der Waals surface area contributed by atoms with Crippen LogP contribution in [0.15, 0.2) is 47.2 Å². The van der Waals surface area contributed by atoms with Crippen LogP contribution in [-0.4, -0.2) is 24.7 Å². The third kappa shape index (κ3) is 4.73. The number of aliphatic hydroxyl groups excluding tert-OH is 1. The van der Waals surface area contributed by atoms with Crippen LogP contribution < -0.4 is 10.1 Å². The Kier molecular flexibility index (Phi) is 5.54. The lowest BCUT2D eigenvalue weighted by molar-refractivity contribution is -0.116. The zero-order valence-corrected chi connectivity index (χ0v) is 12.5. The molecule has 0 bridgehead atoms. The Morgan fingerprint density at radius 1 is 1.38 bits per heavy atom. The van der Waals surface area contributed by atoms with Gasteiger partial charge in [-0.15, -0.1) is 0 Å². The largest absolute Gasteiger partial charge is 0.497 e. The quantitative estimate of drug-likeness (QED) is 0.807.